The maximum atomic E-state index is 12.5. The average Bonchev–Trinajstić information content (AvgIpc) is 3.09. The van der Waals surface area contributed by atoms with Gasteiger partial charge in [0.2, 0.25) is 0 Å². The SMILES string of the molecule is O=C(NCc1ccc(OC(F)(F)F)cc1)c1ccnn1-c1ncc(Cl)cc1Cl. The number of halogens is 5. The molecule has 3 aromatic rings. The zero-order valence-corrected chi connectivity index (χ0v) is 15.4. The van der Waals surface area contributed by atoms with Crippen molar-refractivity contribution in [3.63, 3.8) is 0 Å². The highest BCUT2D eigenvalue weighted by atomic mass is 35.5. The first kappa shape index (κ1) is 20.0. The Balaban J connectivity index is 1.69. The Morgan fingerprint density at radius 2 is 1.89 bits per heavy atom. The Labute approximate surface area is 166 Å². The van der Waals surface area contributed by atoms with E-state index in [-0.39, 0.29) is 28.8 Å². The lowest BCUT2D eigenvalue weighted by atomic mass is 10.2. The van der Waals surface area contributed by atoms with Gasteiger partial charge in [0.15, 0.2) is 5.82 Å². The summed E-state index contributed by atoms with van der Waals surface area (Å²) in [6.45, 7) is 0.0814. The molecule has 0 saturated heterocycles. The zero-order valence-electron chi connectivity index (χ0n) is 13.9. The maximum absolute atomic E-state index is 12.5. The van der Waals surface area contributed by atoms with Crippen molar-refractivity contribution in [3.8, 4) is 11.6 Å². The Morgan fingerprint density at radius 3 is 2.54 bits per heavy atom. The predicted molar refractivity (Wildman–Crippen MR) is 95.7 cm³/mol. The van der Waals surface area contributed by atoms with Crippen LogP contribution in [-0.4, -0.2) is 27.0 Å². The van der Waals surface area contributed by atoms with E-state index in [9.17, 15) is 18.0 Å². The van der Waals surface area contributed by atoms with E-state index in [1.165, 1.54) is 41.3 Å². The molecule has 0 saturated carbocycles. The summed E-state index contributed by atoms with van der Waals surface area (Å²) < 4.78 is 41.6. The Bertz CT molecular complexity index is 991. The molecule has 0 radical (unpaired) electrons. The Morgan fingerprint density at radius 1 is 1.18 bits per heavy atom. The van der Waals surface area contributed by atoms with Gasteiger partial charge in [0.25, 0.3) is 5.91 Å². The van der Waals surface area contributed by atoms with Crippen molar-refractivity contribution < 1.29 is 22.7 Å². The van der Waals surface area contributed by atoms with Gasteiger partial charge in [0.05, 0.1) is 16.2 Å². The molecule has 0 bridgehead atoms. The third kappa shape index (κ3) is 4.93. The van der Waals surface area contributed by atoms with Crippen LogP contribution in [0.5, 0.6) is 5.75 Å². The molecule has 146 valence electrons. The number of amides is 1. The van der Waals surface area contributed by atoms with Crippen molar-refractivity contribution in [2.75, 3.05) is 0 Å². The lowest BCUT2D eigenvalue weighted by Crippen LogP contribution is -2.25. The van der Waals surface area contributed by atoms with Gasteiger partial charge >= 0.3 is 6.36 Å². The van der Waals surface area contributed by atoms with E-state index < -0.39 is 12.3 Å². The van der Waals surface area contributed by atoms with Gasteiger partial charge in [-0.25, -0.2) is 9.67 Å². The van der Waals surface area contributed by atoms with Crippen LogP contribution in [0.3, 0.4) is 0 Å². The molecule has 28 heavy (non-hydrogen) atoms. The molecule has 6 nitrogen and oxygen atoms in total. The summed E-state index contributed by atoms with van der Waals surface area (Å²) in [5.74, 6) is -0.583. The fourth-order valence-electron chi connectivity index (χ4n) is 2.29. The highest BCUT2D eigenvalue weighted by Gasteiger charge is 2.30. The molecule has 2 aromatic heterocycles. The molecule has 0 unspecified atom stereocenters. The fraction of sp³-hybridized carbons (Fsp3) is 0.118. The number of carbonyl (C=O) groups excluding carboxylic acids is 1. The Hall–Kier alpha value is -2.78. The van der Waals surface area contributed by atoms with Gasteiger partial charge in [0.1, 0.15) is 11.4 Å². The molecule has 0 aliphatic heterocycles. The molecule has 3 rings (SSSR count). The van der Waals surface area contributed by atoms with Crippen molar-refractivity contribution in [3.05, 3.63) is 70.1 Å². The van der Waals surface area contributed by atoms with Gasteiger partial charge in [-0.15, -0.1) is 13.2 Å². The number of nitrogens with zero attached hydrogens (tertiary/aromatic N) is 3. The molecule has 11 heteroatoms. The highest BCUT2D eigenvalue weighted by molar-refractivity contribution is 6.35. The summed E-state index contributed by atoms with van der Waals surface area (Å²) in [4.78, 5) is 16.5. The zero-order chi connectivity index (χ0) is 20.3. The molecule has 1 amide bonds. The minimum absolute atomic E-state index is 0.0814. The highest BCUT2D eigenvalue weighted by Crippen LogP contribution is 2.23. The minimum atomic E-state index is -4.76. The topological polar surface area (TPSA) is 69.0 Å². The standard InChI is InChI=1S/C17H11Cl2F3N4O2/c18-11-7-13(19)15(23-9-11)26-14(5-6-25-26)16(27)24-8-10-1-3-12(4-2-10)28-17(20,21)22/h1-7,9H,8H2,(H,24,27). The molecule has 0 aliphatic rings. The smallest absolute Gasteiger partial charge is 0.406 e. The van der Waals surface area contributed by atoms with Crippen LogP contribution in [0, 0.1) is 0 Å². The van der Waals surface area contributed by atoms with Gasteiger partial charge in [0, 0.05) is 12.7 Å². The monoisotopic (exact) mass is 430 g/mol. The second-order valence-corrected chi connectivity index (χ2v) is 6.31. The number of aromatic nitrogens is 3. The number of carbonyl (C=O) groups is 1. The number of nitrogens with one attached hydrogen (secondary N) is 1. The second kappa shape index (κ2) is 8.07. The second-order valence-electron chi connectivity index (χ2n) is 5.46. The molecule has 1 N–H and O–H groups in total. The van der Waals surface area contributed by atoms with Crippen molar-refractivity contribution in [2.24, 2.45) is 0 Å². The molecule has 0 aliphatic carbocycles. The fourth-order valence-corrected chi connectivity index (χ4v) is 2.75. The summed E-state index contributed by atoms with van der Waals surface area (Å²) >= 11 is 11.9. The summed E-state index contributed by atoms with van der Waals surface area (Å²) in [6, 6.07) is 8.10. The molecule has 0 fully saturated rings. The van der Waals surface area contributed by atoms with Crippen LogP contribution in [0.15, 0.2) is 48.8 Å². The third-order valence-electron chi connectivity index (χ3n) is 3.47. The third-order valence-corrected chi connectivity index (χ3v) is 3.96. The van der Waals surface area contributed by atoms with E-state index in [1.807, 2.05) is 0 Å². The first-order valence-corrected chi connectivity index (χ1v) is 8.47. The van der Waals surface area contributed by atoms with Gasteiger partial charge in [-0.1, -0.05) is 35.3 Å². The Kier molecular flexibility index (Phi) is 5.76. The molecular formula is C17H11Cl2F3N4O2. The van der Waals surface area contributed by atoms with E-state index >= 15 is 0 Å². The van der Waals surface area contributed by atoms with Crippen molar-refractivity contribution in [2.45, 2.75) is 12.9 Å². The predicted octanol–water partition coefficient (Wildman–Crippen LogP) is 4.40. The molecule has 2 heterocycles. The number of rotatable bonds is 5. The summed E-state index contributed by atoms with van der Waals surface area (Å²) in [5.41, 5.74) is 0.755. The summed E-state index contributed by atoms with van der Waals surface area (Å²) in [5, 5.41) is 7.24. The minimum Gasteiger partial charge on any atom is -0.406 e. The molecule has 1 aromatic carbocycles. The molecule has 0 spiro atoms. The van der Waals surface area contributed by atoms with Gasteiger partial charge in [-0.05, 0) is 29.8 Å². The number of hydrogen-bond donors (Lipinski definition) is 1. The van der Waals surface area contributed by atoms with E-state index in [2.05, 4.69) is 20.1 Å². The first-order valence-electron chi connectivity index (χ1n) is 7.71. The van der Waals surface area contributed by atoms with Gasteiger partial charge in [-0.2, -0.15) is 5.10 Å². The summed E-state index contributed by atoms with van der Waals surface area (Å²) in [6.07, 6.45) is -1.98. The lowest BCUT2D eigenvalue weighted by Gasteiger charge is -2.11. The van der Waals surface area contributed by atoms with Crippen molar-refractivity contribution in [1.82, 2.24) is 20.1 Å². The van der Waals surface area contributed by atoms with E-state index in [4.69, 9.17) is 23.2 Å². The van der Waals surface area contributed by atoms with E-state index in [0.717, 1.165) is 12.1 Å². The summed E-state index contributed by atoms with van der Waals surface area (Å²) in [7, 11) is 0. The van der Waals surface area contributed by atoms with Crippen LogP contribution in [0.1, 0.15) is 16.1 Å². The van der Waals surface area contributed by atoms with Gasteiger partial charge in [-0.3, -0.25) is 4.79 Å². The number of benzene rings is 1. The normalized spacial score (nSPS) is 11.3. The van der Waals surface area contributed by atoms with Crippen molar-refractivity contribution in [1.29, 1.82) is 0 Å². The maximum Gasteiger partial charge on any atom is 0.573 e. The van der Waals surface area contributed by atoms with Crippen LogP contribution >= 0.6 is 23.2 Å². The largest absolute Gasteiger partial charge is 0.573 e. The van der Waals surface area contributed by atoms with E-state index in [1.54, 1.807) is 0 Å². The number of alkyl halides is 3. The quantitative estimate of drug-likeness (QED) is 0.650. The number of ether oxygens (including phenoxy) is 1. The molecule has 0 atom stereocenters. The van der Waals surface area contributed by atoms with Gasteiger partial charge < -0.3 is 10.1 Å². The van der Waals surface area contributed by atoms with Crippen LogP contribution < -0.4 is 10.1 Å². The average molecular weight is 431 g/mol. The number of hydrogen-bond acceptors (Lipinski definition) is 4. The van der Waals surface area contributed by atoms with E-state index in [0.29, 0.717) is 10.6 Å². The number of pyridine rings is 1. The van der Waals surface area contributed by atoms with Crippen LogP contribution in [-0.2, 0) is 6.54 Å². The van der Waals surface area contributed by atoms with Crippen molar-refractivity contribution >= 4 is 29.1 Å². The van der Waals surface area contributed by atoms with Crippen LogP contribution in [0.2, 0.25) is 10.0 Å². The first-order chi connectivity index (χ1) is 13.2. The van der Waals surface area contributed by atoms with Crippen LogP contribution in [0.4, 0.5) is 13.2 Å². The van der Waals surface area contributed by atoms with Crippen LogP contribution in [0.25, 0.3) is 5.82 Å². The lowest BCUT2D eigenvalue weighted by molar-refractivity contribution is -0.274. The molecular weight excluding hydrogens is 420 g/mol.